The normalized spacial score (nSPS) is 13.8. The zero-order valence-corrected chi connectivity index (χ0v) is 16.1. The van der Waals surface area contributed by atoms with Crippen molar-refractivity contribution < 1.29 is 9.66 Å². The molecule has 2 aromatic carbocycles. The molecular weight excluding hydrogens is 356 g/mol. The highest BCUT2D eigenvalue weighted by atomic mass is 16.6. The van der Waals surface area contributed by atoms with Crippen LogP contribution in [-0.2, 0) is 13.1 Å². The van der Waals surface area contributed by atoms with Gasteiger partial charge in [-0.1, -0.05) is 36.4 Å². The van der Waals surface area contributed by atoms with Gasteiger partial charge in [0.25, 0.3) is 5.69 Å². The van der Waals surface area contributed by atoms with Crippen molar-refractivity contribution in [3.63, 3.8) is 0 Å². The van der Waals surface area contributed by atoms with Gasteiger partial charge in [-0.15, -0.1) is 0 Å². The minimum atomic E-state index is -0.367. The Morgan fingerprint density at radius 2 is 1.86 bits per heavy atom. The molecule has 7 nitrogen and oxygen atoms in total. The summed E-state index contributed by atoms with van der Waals surface area (Å²) in [5, 5.41) is 17.5. The van der Waals surface area contributed by atoms with E-state index in [4.69, 9.17) is 4.74 Å². The van der Waals surface area contributed by atoms with E-state index in [-0.39, 0.29) is 10.6 Å². The Bertz CT molecular complexity index is 834. The third-order valence-electron chi connectivity index (χ3n) is 4.53. The van der Waals surface area contributed by atoms with E-state index in [2.05, 4.69) is 15.6 Å². The van der Waals surface area contributed by atoms with E-state index in [0.717, 1.165) is 17.9 Å². The molecule has 0 amide bonds. The van der Waals surface area contributed by atoms with Gasteiger partial charge in [-0.3, -0.25) is 10.1 Å². The summed E-state index contributed by atoms with van der Waals surface area (Å²) in [5.41, 5.74) is 1.74. The molecule has 0 radical (unpaired) electrons. The first-order valence-electron chi connectivity index (χ1n) is 9.62. The number of aliphatic imine (C=N–C) groups is 1. The smallest absolute Gasteiger partial charge is 0.274 e. The molecule has 0 atom stereocenters. The van der Waals surface area contributed by atoms with Crippen molar-refractivity contribution in [2.45, 2.75) is 32.9 Å². The van der Waals surface area contributed by atoms with E-state index in [1.54, 1.807) is 18.2 Å². The number of guanidine groups is 1. The summed E-state index contributed by atoms with van der Waals surface area (Å²) >= 11 is 0. The van der Waals surface area contributed by atoms with Crippen molar-refractivity contribution in [2.75, 3.05) is 13.2 Å². The van der Waals surface area contributed by atoms with Crippen LogP contribution in [0, 0.1) is 16.0 Å². The summed E-state index contributed by atoms with van der Waals surface area (Å²) in [5.74, 6) is 2.17. The molecule has 1 aliphatic rings. The van der Waals surface area contributed by atoms with Gasteiger partial charge in [0.2, 0.25) is 0 Å². The standard InChI is InChI=1S/C21H26N4O3/c1-2-22-21(23-13-17-7-3-5-9-19(17)25(26)27)24-14-18-8-4-6-10-20(18)28-15-16-11-12-16/h3-10,16H,2,11-15H2,1H3,(H2,22,23,24). The summed E-state index contributed by atoms with van der Waals surface area (Å²) in [6, 6.07) is 14.6. The van der Waals surface area contributed by atoms with Crippen molar-refractivity contribution in [1.29, 1.82) is 0 Å². The number of nitrogens with one attached hydrogen (secondary N) is 2. The molecule has 1 fully saturated rings. The first kappa shape index (κ1) is 19.7. The monoisotopic (exact) mass is 382 g/mol. The fourth-order valence-corrected chi connectivity index (χ4v) is 2.79. The van der Waals surface area contributed by atoms with Crippen LogP contribution in [0.15, 0.2) is 53.5 Å². The Balaban J connectivity index is 1.65. The van der Waals surface area contributed by atoms with Gasteiger partial charge in [0, 0.05) is 30.3 Å². The number of hydrogen-bond acceptors (Lipinski definition) is 4. The van der Waals surface area contributed by atoms with Gasteiger partial charge in [-0.05, 0) is 31.7 Å². The lowest BCUT2D eigenvalue weighted by Gasteiger charge is -2.13. The molecule has 0 aliphatic heterocycles. The number of para-hydroxylation sites is 2. The van der Waals surface area contributed by atoms with Gasteiger partial charge in [0.1, 0.15) is 5.75 Å². The van der Waals surface area contributed by atoms with Crippen LogP contribution >= 0.6 is 0 Å². The SMILES string of the molecule is CCNC(=NCc1ccccc1OCC1CC1)NCc1ccccc1[N+](=O)[O-]. The molecule has 2 aromatic rings. The molecular formula is C21H26N4O3. The van der Waals surface area contributed by atoms with Gasteiger partial charge >= 0.3 is 0 Å². The summed E-state index contributed by atoms with van der Waals surface area (Å²) < 4.78 is 5.94. The number of nitro benzene ring substituents is 1. The molecule has 0 unspecified atom stereocenters. The van der Waals surface area contributed by atoms with E-state index in [1.807, 2.05) is 31.2 Å². The van der Waals surface area contributed by atoms with Gasteiger partial charge in [0.15, 0.2) is 5.96 Å². The fourth-order valence-electron chi connectivity index (χ4n) is 2.79. The van der Waals surface area contributed by atoms with Crippen molar-refractivity contribution in [3.8, 4) is 5.75 Å². The van der Waals surface area contributed by atoms with E-state index in [0.29, 0.717) is 37.1 Å². The average Bonchev–Trinajstić information content (AvgIpc) is 3.54. The molecule has 3 rings (SSSR count). The van der Waals surface area contributed by atoms with E-state index < -0.39 is 0 Å². The van der Waals surface area contributed by atoms with E-state index in [1.165, 1.54) is 18.9 Å². The molecule has 148 valence electrons. The summed E-state index contributed by atoms with van der Waals surface area (Å²) in [6.07, 6.45) is 2.50. The molecule has 0 spiro atoms. The number of ether oxygens (including phenoxy) is 1. The predicted octanol–water partition coefficient (Wildman–Crippen LogP) is 3.64. The number of rotatable bonds is 9. The van der Waals surface area contributed by atoms with E-state index >= 15 is 0 Å². The second kappa shape index (κ2) is 9.73. The maximum atomic E-state index is 11.2. The molecule has 0 saturated heterocycles. The average molecular weight is 382 g/mol. The minimum Gasteiger partial charge on any atom is -0.493 e. The fraction of sp³-hybridized carbons (Fsp3) is 0.381. The van der Waals surface area contributed by atoms with Crippen LogP contribution in [0.3, 0.4) is 0 Å². The lowest BCUT2D eigenvalue weighted by atomic mass is 10.2. The molecule has 7 heteroatoms. The van der Waals surface area contributed by atoms with Gasteiger partial charge in [-0.25, -0.2) is 4.99 Å². The van der Waals surface area contributed by atoms with Crippen molar-refractivity contribution in [1.82, 2.24) is 10.6 Å². The molecule has 2 N–H and O–H groups in total. The van der Waals surface area contributed by atoms with Crippen LogP contribution in [0.1, 0.15) is 30.9 Å². The zero-order chi connectivity index (χ0) is 19.8. The quantitative estimate of drug-likeness (QED) is 0.299. The maximum Gasteiger partial charge on any atom is 0.274 e. The van der Waals surface area contributed by atoms with Crippen molar-refractivity contribution >= 4 is 11.6 Å². The predicted molar refractivity (Wildman–Crippen MR) is 109 cm³/mol. The van der Waals surface area contributed by atoms with E-state index in [9.17, 15) is 10.1 Å². The highest BCUT2D eigenvalue weighted by Gasteiger charge is 2.22. The van der Waals surface area contributed by atoms with Gasteiger partial charge < -0.3 is 15.4 Å². The van der Waals surface area contributed by atoms with Crippen LogP contribution in [0.2, 0.25) is 0 Å². The van der Waals surface area contributed by atoms with Crippen LogP contribution in [0.5, 0.6) is 5.75 Å². The number of hydrogen-bond donors (Lipinski definition) is 2. The second-order valence-electron chi connectivity index (χ2n) is 6.80. The largest absolute Gasteiger partial charge is 0.493 e. The third-order valence-corrected chi connectivity index (χ3v) is 4.53. The van der Waals surface area contributed by atoms with Crippen LogP contribution in [-0.4, -0.2) is 24.0 Å². The Morgan fingerprint density at radius 1 is 1.14 bits per heavy atom. The maximum absolute atomic E-state index is 11.2. The van der Waals surface area contributed by atoms with Crippen molar-refractivity contribution in [2.24, 2.45) is 10.9 Å². The first-order valence-corrected chi connectivity index (χ1v) is 9.62. The highest BCUT2D eigenvalue weighted by Crippen LogP contribution is 2.30. The van der Waals surface area contributed by atoms with Crippen LogP contribution in [0.4, 0.5) is 5.69 Å². The number of nitro groups is 1. The molecule has 0 heterocycles. The summed E-state index contributed by atoms with van der Waals surface area (Å²) in [6.45, 7) is 4.23. The number of benzene rings is 2. The highest BCUT2D eigenvalue weighted by molar-refractivity contribution is 5.79. The topological polar surface area (TPSA) is 88.8 Å². The first-order chi connectivity index (χ1) is 13.7. The summed E-state index contributed by atoms with van der Waals surface area (Å²) in [7, 11) is 0. The molecule has 28 heavy (non-hydrogen) atoms. The third kappa shape index (κ3) is 5.70. The molecule has 1 saturated carbocycles. The molecule has 1 aliphatic carbocycles. The second-order valence-corrected chi connectivity index (χ2v) is 6.80. The summed E-state index contributed by atoms with van der Waals surface area (Å²) in [4.78, 5) is 15.4. The lowest BCUT2D eigenvalue weighted by molar-refractivity contribution is -0.385. The Kier molecular flexibility index (Phi) is 6.84. The lowest BCUT2D eigenvalue weighted by Crippen LogP contribution is -2.36. The van der Waals surface area contributed by atoms with Crippen LogP contribution in [0.25, 0.3) is 0 Å². The Hall–Kier alpha value is -3.09. The minimum absolute atomic E-state index is 0.102. The van der Waals surface area contributed by atoms with Gasteiger partial charge in [-0.2, -0.15) is 0 Å². The van der Waals surface area contributed by atoms with Crippen LogP contribution < -0.4 is 15.4 Å². The Morgan fingerprint density at radius 3 is 2.57 bits per heavy atom. The molecule has 0 bridgehead atoms. The van der Waals surface area contributed by atoms with Gasteiger partial charge in [0.05, 0.1) is 18.1 Å². The number of nitrogens with zero attached hydrogens (tertiary/aromatic N) is 2. The van der Waals surface area contributed by atoms with Crippen molar-refractivity contribution in [3.05, 3.63) is 69.8 Å². The molecule has 0 aromatic heterocycles. The zero-order valence-electron chi connectivity index (χ0n) is 16.1. The Labute approximate surface area is 165 Å².